The van der Waals surface area contributed by atoms with Crippen LogP contribution in [0.1, 0.15) is 34.7 Å². The number of carbonyl (C=O) groups is 1. The molecule has 0 aliphatic carbocycles. The van der Waals surface area contributed by atoms with Gasteiger partial charge in [-0.25, -0.2) is 4.79 Å². The summed E-state index contributed by atoms with van der Waals surface area (Å²) in [5.41, 5.74) is 2.07. The van der Waals surface area contributed by atoms with Crippen molar-refractivity contribution < 1.29 is 14.3 Å². The van der Waals surface area contributed by atoms with Crippen molar-refractivity contribution in [2.75, 3.05) is 12.4 Å². The predicted molar refractivity (Wildman–Crippen MR) is 100 cm³/mol. The maximum absolute atomic E-state index is 11.4. The van der Waals surface area contributed by atoms with Crippen molar-refractivity contribution in [2.45, 2.75) is 19.6 Å². The number of carbonyl (C=O) groups excluding carboxylic acids is 1. The van der Waals surface area contributed by atoms with Gasteiger partial charge in [0.05, 0.1) is 18.8 Å². The van der Waals surface area contributed by atoms with Crippen molar-refractivity contribution in [3.8, 4) is 5.75 Å². The van der Waals surface area contributed by atoms with Crippen LogP contribution in [0.25, 0.3) is 0 Å². The van der Waals surface area contributed by atoms with Gasteiger partial charge in [-0.05, 0) is 48.9 Å². The second-order valence-corrected chi connectivity index (χ2v) is 5.84. The molecule has 0 saturated heterocycles. The van der Waals surface area contributed by atoms with Gasteiger partial charge in [-0.3, -0.25) is 4.98 Å². The second-order valence-electron chi connectivity index (χ2n) is 5.84. The molecule has 0 radical (unpaired) electrons. The topological polar surface area (TPSA) is 86.2 Å². The van der Waals surface area contributed by atoms with Gasteiger partial charge in [0, 0.05) is 6.20 Å². The summed E-state index contributed by atoms with van der Waals surface area (Å²) < 4.78 is 10.4. The molecular weight excluding hydrogens is 344 g/mol. The molecule has 0 spiro atoms. The highest BCUT2D eigenvalue weighted by Gasteiger charge is 2.11. The first-order chi connectivity index (χ1) is 13.2. The fourth-order valence-corrected chi connectivity index (χ4v) is 2.44. The maximum atomic E-state index is 11.4. The lowest BCUT2D eigenvalue weighted by atomic mass is 10.1. The molecular formula is C20H20N4O3. The first kappa shape index (κ1) is 18.3. The van der Waals surface area contributed by atoms with E-state index in [1.54, 1.807) is 18.3 Å². The quantitative estimate of drug-likeness (QED) is 0.643. The smallest absolute Gasteiger partial charge is 0.358 e. The number of aromatic nitrogens is 3. The van der Waals surface area contributed by atoms with Gasteiger partial charge in [0.15, 0.2) is 5.69 Å². The molecule has 3 aromatic rings. The normalized spacial score (nSPS) is 11.5. The SMILES string of the molecule is COC(=O)c1ccc(N[C@H](C)c2cccc(OCc3ccccn3)c2)nn1. The molecule has 3 rings (SSSR count). The molecule has 2 aromatic heterocycles. The van der Waals surface area contributed by atoms with Gasteiger partial charge in [-0.1, -0.05) is 18.2 Å². The van der Waals surface area contributed by atoms with E-state index in [1.165, 1.54) is 7.11 Å². The summed E-state index contributed by atoms with van der Waals surface area (Å²) in [6, 6.07) is 16.8. The lowest BCUT2D eigenvalue weighted by Crippen LogP contribution is -2.11. The molecule has 1 N–H and O–H groups in total. The Labute approximate surface area is 157 Å². The number of nitrogens with zero attached hydrogens (tertiary/aromatic N) is 3. The van der Waals surface area contributed by atoms with E-state index in [9.17, 15) is 4.79 Å². The molecule has 0 saturated carbocycles. The molecule has 0 aliphatic heterocycles. The van der Waals surface area contributed by atoms with E-state index >= 15 is 0 Å². The van der Waals surface area contributed by atoms with Crippen LogP contribution in [0.4, 0.5) is 5.82 Å². The van der Waals surface area contributed by atoms with Crippen LogP contribution in [-0.2, 0) is 11.3 Å². The highest BCUT2D eigenvalue weighted by atomic mass is 16.5. The van der Waals surface area contributed by atoms with Crippen molar-refractivity contribution in [3.63, 3.8) is 0 Å². The van der Waals surface area contributed by atoms with Crippen LogP contribution in [0.15, 0.2) is 60.8 Å². The second kappa shape index (κ2) is 8.75. The van der Waals surface area contributed by atoms with Crippen LogP contribution in [0.5, 0.6) is 5.75 Å². The van der Waals surface area contributed by atoms with Crippen molar-refractivity contribution in [1.29, 1.82) is 0 Å². The minimum Gasteiger partial charge on any atom is -0.487 e. The minimum atomic E-state index is -0.514. The van der Waals surface area contributed by atoms with Crippen LogP contribution in [0, 0.1) is 0 Å². The van der Waals surface area contributed by atoms with Crippen LogP contribution >= 0.6 is 0 Å². The number of hydrogen-bond acceptors (Lipinski definition) is 7. The molecule has 27 heavy (non-hydrogen) atoms. The van der Waals surface area contributed by atoms with Gasteiger partial charge in [-0.15, -0.1) is 10.2 Å². The van der Waals surface area contributed by atoms with Crippen molar-refractivity contribution in [3.05, 3.63) is 77.7 Å². The number of esters is 1. The summed E-state index contributed by atoms with van der Waals surface area (Å²) in [7, 11) is 1.31. The fraction of sp³-hybridized carbons (Fsp3) is 0.200. The summed E-state index contributed by atoms with van der Waals surface area (Å²) >= 11 is 0. The van der Waals surface area contributed by atoms with Gasteiger partial charge in [-0.2, -0.15) is 0 Å². The van der Waals surface area contributed by atoms with Gasteiger partial charge in [0.25, 0.3) is 0 Å². The number of methoxy groups -OCH3 is 1. The average Bonchev–Trinajstić information content (AvgIpc) is 2.73. The third-order valence-corrected chi connectivity index (χ3v) is 3.89. The molecule has 0 bridgehead atoms. The van der Waals surface area contributed by atoms with Crippen molar-refractivity contribution >= 4 is 11.8 Å². The first-order valence-corrected chi connectivity index (χ1v) is 8.47. The summed E-state index contributed by atoms with van der Waals surface area (Å²) in [5, 5.41) is 11.1. The zero-order chi connectivity index (χ0) is 19.1. The number of rotatable bonds is 7. The van der Waals surface area contributed by atoms with E-state index in [1.807, 2.05) is 49.4 Å². The Hall–Kier alpha value is -3.48. The van der Waals surface area contributed by atoms with Crippen LogP contribution in [0.2, 0.25) is 0 Å². The highest BCUT2D eigenvalue weighted by Crippen LogP contribution is 2.22. The Bertz CT molecular complexity index is 885. The third kappa shape index (κ3) is 5.01. The van der Waals surface area contributed by atoms with Crippen molar-refractivity contribution in [1.82, 2.24) is 15.2 Å². The zero-order valence-corrected chi connectivity index (χ0v) is 15.1. The Kier molecular flexibility index (Phi) is 5.94. The van der Waals surface area contributed by atoms with Crippen LogP contribution in [-0.4, -0.2) is 28.3 Å². The standard InChI is InChI=1S/C20H20N4O3/c1-14(22-19-10-9-18(23-24-19)20(25)26-2)15-6-5-8-17(12-15)27-13-16-7-3-4-11-21-16/h3-12,14H,13H2,1-2H3,(H,22,24)/t14-/m1/s1. The molecule has 7 nitrogen and oxygen atoms in total. The Morgan fingerprint density at radius 3 is 2.70 bits per heavy atom. The predicted octanol–water partition coefficient (Wildman–Crippen LogP) is 3.41. The Balaban J connectivity index is 1.62. The van der Waals surface area contributed by atoms with E-state index in [-0.39, 0.29) is 11.7 Å². The highest BCUT2D eigenvalue weighted by molar-refractivity contribution is 5.86. The zero-order valence-electron chi connectivity index (χ0n) is 15.1. The average molecular weight is 364 g/mol. The monoisotopic (exact) mass is 364 g/mol. The molecule has 7 heteroatoms. The fourth-order valence-electron chi connectivity index (χ4n) is 2.44. The summed E-state index contributed by atoms with van der Waals surface area (Å²) in [5.74, 6) is 0.814. The molecule has 0 amide bonds. The maximum Gasteiger partial charge on any atom is 0.358 e. The largest absolute Gasteiger partial charge is 0.487 e. The van der Waals surface area contributed by atoms with E-state index < -0.39 is 5.97 Å². The lowest BCUT2D eigenvalue weighted by Gasteiger charge is -2.16. The van der Waals surface area contributed by atoms with Gasteiger partial charge in [0.1, 0.15) is 18.2 Å². The minimum absolute atomic E-state index is 0.0262. The molecule has 1 atom stereocenters. The summed E-state index contributed by atoms with van der Waals surface area (Å²) in [4.78, 5) is 15.7. The Morgan fingerprint density at radius 1 is 1.11 bits per heavy atom. The van der Waals surface area contributed by atoms with Crippen molar-refractivity contribution in [2.24, 2.45) is 0 Å². The number of hydrogen-bond donors (Lipinski definition) is 1. The number of nitrogens with one attached hydrogen (secondary N) is 1. The number of benzene rings is 1. The molecule has 0 aliphatic rings. The molecule has 0 fully saturated rings. The van der Waals surface area contributed by atoms with Gasteiger partial charge >= 0.3 is 5.97 Å². The number of pyridine rings is 1. The summed E-state index contributed by atoms with van der Waals surface area (Å²) in [6.45, 7) is 2.42. The molecule has 1 aromatic carbocycles. The first-order valence-electron chi connectivity index (χ1n) is 8.47. The van der Waals surface area contributed by atoms with Crippen LogP contribution < -0.4 is 10.1 Å². The lowest BCUT2D eigenvalue weighted by molar-refractivity contribution is 0.0593. The van der Waals surface area contributed by atoms with Crippen LogP contribution in [0.3, 0.4) is 0 Å². The molecule has 0 unspecified atom stereocenters. The molecule has 2 heterocycles. The van der Waals surface area contributed by atoms with E-state index in [2.05, 4.69) is 25.2 Å². The third-order valence-electron chi connectivity index (χ3n) is 3.89. The Morgan fingerprint density at radius 2 is 2.00 bits per heavy atom. The summed E-state index contributed by atoms with van der Waals surface area (Å²) in [6.07, 6.45) is 1.74. The number of anilines is 1. The van der Waals surface area contributed by atoms with Gasteiger partial charge < -0.3 is 14.8 Å². The number of ether oxygens (including phenoxy) is 2. The van der Waals surface area contributed by atoms with E-state index in [4.69, 9.17) is 4.74 Å². The van der Waals surface area contributed by atoms with E-state index in [0.717, 1.165) is 17.0 Å². The van der Waals surface area contributed by atoms with E-state index in [0.29, 0.717) is 12.4 Å². The van der Waals surface area contributed by atoms with Gasteiger partial charge in [0.2, 0.25) is 0 Å². The molecule has 138 valence electrons.